The van der Waals surface area contributed by atoms with Gasteiger partial charge in [-0.25, -0.2) is 9.66 Å². The van der Waals surface area contributed by atoms with Crippen LogP contribution in [0.3, 0.4) is 0 Å². The third-order valence-corrected chi connectivity index (χ3v) is 5.55. The number of fused-ring (bicyclic) bond motifs is 1. The number of carbonyl (C=O) groups is 1. The predicted octanol–water partition coefficient (Wildman–Crippen LogP) is 3.06. The second-order valence-electron chi connectivity index (χ2n) is 4.82. The van der Waals surface area contributed by atoms with Gasteiger partial charge >= 0.3 is 0 Å². The Hall–Kier alpha value is -1.74. The Balaban J connectivity index is 2.04. The largest absolute Gasteiger partial charge is 0.281 e. The van der Waals surface area contributed by atoms with Crippen LogP contribution in [0, 0.1) is 17.4 Å². The van der Waals surface area contributed by atoms with Gasteiger partial charge in [0.05, 0.1) is 10.9 Å². The standard InChI is InChI=1S/C15H12IN3O2S/c1-8-4-3-5-10(12(8)16)13(20)18-19-9(2)17-14-11(15(19)21)6-7-22-14/h3-7H,1-2H3,(H,18,20). The fourth-order valence-electron chi connectivity index (χ4n) is 2.13. The molecular weight excluding hydrogens is 413 g/mol. The lowest BCUT2D eigenvalue weighted by molar-refractivity contribution is 0.100. The Morgan fingerprint density at radius 2 is 2.09 bits per heavy atom. The summed E-state index contributed by atoms with van der Waals surface area (Å²) in [6.07, 6.45) is 0. The SMILES string of the molecule is Cc1cccc(C(=O)Nn2c(C)nc3sccc3c2=O)c1I. The zero-order chi connectivity index (χ0) is 15.9. The van der Waals surface area contributed by atoms with Crippen LogP contribution in [0.4, 0.5) is 0 Å². The monoisotopic (exact) mass is 425 g/mol. The summed E-state index contributed by atoms with van der Waals surface area (Å²) in [7, 11) is 0. The highest BCUT2D eigenvalue weighted by molar-refractivity contribution is 14.1. The maximum absolute atomic E-state index is 12.5. The second kappa shape index (κ2) is 5.81. The molecule has 7 heteroatoms. The van der Waals surface area contributed by atoms with Crippen molar-refractivity contribution in [2.75, 3.05) is 5.43 Å². The summed E-state index contributed by atoms with van der Waals surface area (Å²) < 4.78 is 2.07. The number of nitrogens with one attached hydrogen (secondary N) is 1. The van der Waals surface area contributed by atoms with E-state index in [2.05, 4.69) is 33.0 Å². The summed E-state index contributed by atoms with van der Waals surface area (Å²) in [5, 5.41) is 2.32. The molecule has 2 heterocycles. The molecule has 0 spiro atoms. The number of amides is 1. The summed E-state index contributed by atoms with van der Waals surface area (Å²) in [5.41, 5.74) is 3.94. The minimum absolute atomic E-state index is 0.264. The van der Waals surface area contributed by atoms with E-state index in [1.165, 1.54) is 16.0 Å². The molecule has 112 valence electrons. The predicted molar refractivity (Wildman–Crippen MR) is 96.2 cm³/mol. The van der Waals surface area contributed by atoms with Crippen molar-refractivity contribution in [1.82, 2.24) is 9.66 Å². The number of hydrogen-bond donors (Lipinski definition) is 1. The van der Waals surface area contributed by atoms with Crippen LogP contribution in [0.5, 0.6) is 0 Å². The second-order valence-corrected chi connectivity index (χ2v) is 6.79. The Labute approximate surface area is 144 Å². The molecule has 0 aliphatic heterocycles. The molecule has 3 aromatic rings. The fraction of sp³-hybridized carbons (Fsp3) is 0.133. The molecule has 0 saturated heterocycles. The molecule has 0 atom stereocenters. The molecule has 0 radical (unpaired) electrons. The van der Waals surface area contributed by atoms with Crippen molar-refractivity contribution in [3.63, 3.8) is 0 Å². The van der Waals surface area contributed by atoms with Crippen molar-refractivity contribution < 1.29 is 4.79 Å². The molecule has 0 bridgehead atoms. The first-order valence-corrected chi connectivity index (χ1v) is 8.48. The van der Waals surface area contributed by atoms with Crippen LogP contribution in [-0.2, 0) is 0 Å². The van der Waals surface area contributed by atoms with E-state index in [4.69, 9.17) is 0 Å². The van der Waals surface area contributed by atoms with E-state index in [-0.39, 0.29) is 11.5 Å². The molecule has 5 nitrogen and oxygen atoms in total. The molecule has 0 saturated carbocycles. The van der Waals surface area contributed by atoms with Crippen LogP contribution in [0.2, 0.25) is 0 Å². The third kappa shape index (κ3) is 2.54. The van der Waals surface area contributed by atoms with E-state index >= 15 is 0 Å². The Morgan fingerprint density at radius 3 is 2.86 bits per heavy atom. The van der Waals surface area contributed by atoms with E-state index in [1.807, 2.05) is 24.4 Å². The maximum atomic E-state index is 12.5. The number of aromatic nitrogens is 2. The summed E-state index contributed by atoms with van der Waals surface area (Å²) in [4.78, 5) is 29.9. The number of hydrogen-bond acceptors (Lipinski definition) is 4. The van der Waals surface area contributed by atoms with E-state index < -0.39 is 0 Å². The highest BCUT2D eigenvalue weighted by Crippen LogP contribution is 2.17. The molecule has 2 aromatic heterocycles. The summed E-state index contributed by atoms with van der Waals surface area (Å²) >= 11 is 3.54. The van der Waals surface area contributed by atoms with Crippen LogP contribution in [-0.4, -0.2) is 15.6 Å². The zero-order valence-electron chi connectivity index (χ0n) is 11.9. The number of nitrogens with zero attached hydrogens (tertiary/aromatic N) is 2. The maximum Gasteiger partial charge on any atom is 0.281 e. The lowest BCUT2D eigenvalue weighted by Crippen LogP contribution is -2.35. The third-order valence-electron chi connectivity index (χ3n) is 3.32. The molecule has 3 rings (SSSR count). The highest BCUT2D eigenvalue weighted by Gasteiger charge is 2.15. The van der Waals surface area contributed by atoms with Crippen LogP contribution in [0.1, 0.15) is 21.7 Å². The first kappa shape index (κ1) is 15.2. The quantitative estimate of drug-likeness (QED) is 0.642. The molecule has 0 aliphatic carbocycles. The summed E-state index contributed by atoms with van der Waals surface area (Å²) in [6.45, 7) is 3.64. The van der Waals surface area contributed by atoms with Crippen LogP contribution in [0.25, 0.3) is 10.2 Å². The number of rotatable bonds is 2. The molecule has 0 unspecified atom stereocenters. The number of thiophene rings is 1. The Morgan fingerprint density at radius 1 is 1.32 bits per heavy atom. The molecular formula is C15H12IN3O2S. The van der Waals surface area contributed by atoms with Gasteiger partial charge in [0.15, 0.2) is 0 Å². The van der Waals surface area contributed by atoms with Crippen LogP contribution >= 0.6 is 33.9 Å². The van der Waals surface area contributed by atoms with Gasteiger partial charge in [0, 0.05) is 3.57 Å². The first-order valence-electron chi connectivity index (χ1n) is 6.52. The van der Waals surface area contributed by atoms with Gasteiger partial charge in [-0.3, -0.25) is 15.0 Å². The number of carbonyl (C=O) groups excluding carboxylic acids is 1. The van der Waals surface area contributed by atoms with E-state index in [1.54, 1.807) is 19.1 Å². The van der Waals surface area contributed by atoms with Gasteiger partial charge in [-0.2, -0.15) is 0 Å². The van der Waals surface area contributed by atoms with Gasteiger partial charge in [0.25, 0.3) is 11.5 Å². The molecule has 0 aliphatic rings. The minimum Gasteiger partial charge on any atom is -0.267 e. The van der Waals surface area contributed by atoms with Crippen molar-refractivity contribution >= 4 is 50.1 Å². The molecule has 1 amide bonds. The first-order chi connectivity index (χ1) is 10.5. The van der Waals surface area contributed by atoms with E-state index in [0.29, 0.717) is 21.6 Å². The zero-order valence-corrected chi connectivity index (χ0v) is 14.9. The number of benzene rings is 1. The Kier molecular flexibility index (Phi) is 4.00. The van der Waals surface area contributed by atoms with Crippen molar-refractivity contribution in [3.05, 3.63) is 60.5 Å². The fourth-order valence-corrected chi connectivity index (χ4v) is 3.54. The normalized spacial score (nSPS) is 10.9. The number of halogens is 1. The van der Waals surface area contributed by atoms with Crippen molar-refractivity contribution in [1.29, 1.82) is 0 Å². The topological polar surface area (TPSA) is 64.0 Å². The van der Waals surface area contributed by atoms with E-state index in [9.17, 15) is 9.59 Å². The van der Waals surface area contributed by atoms with Crippen LogP contribution in [0.15, 0.2) is 34.4 Å². The smallest absolute Gasteiger partial charge is 0.267 e. The van der Waals surface area contributed by atoms with Crippen molar-refractivity contribution in [3.8, 4) is 0 Å². The molecule has 0 fully saturated rings. The van der Waals surface area contributed by atoms with Crippen molar-refractivity contribution in [2.45, 2.75) is 13.8 Å². The van der Waals surface area contributed by atoms with Gasteiger partial charge in [-0.1, -0.05) is 12.1 Å². The lowest BCUT2D eigenvalue weighted by atomic mass is 10.1. The van der Waals surface area contributed by atoms with Crippen molar-refractivity contribution in [2.24, 2.45) is 0 Å². The van der Waals surface area contributed by atoms with Gasteiger partial charge in [-0.15, -0.1) is 11.3 Å². The summed E-state index contributed by atoms with van der Waals surface area (Å²) in [5.74, 6) is 0.130. The van der Waals surface area contributed by atoms with Gasteiger partial charge < -0.3 is 0 Å². The average Bonchev–Trinajstić information content (AvgIpc) is 2.94. The average molecular weight is 425 g/mol. The lowest BCUT2D eigenvalue weighted by Gasteiger charge is -2.12. The minimum atomic E-state index is -0.324. The van der Waals surface area contributed by atoms with Gasteiger partial charge in [0.2, 0.25) is 0 Å². The molecule has 1 aromatic carbocycles. The summed E-state index contributed by atoms with van der Waals surface area (Å²) in [6, 6.07) is 7.21. The Bertz CT molecular complexity index is 946. The van der Waals surface area contributed by atoms with Gasteiger partial charge in [0.1, 0.15) is 10.7 Å². The molecule has 1 N–H and O–H groups in total. The number of aryl methyl sites for hydroxylation is 2. The van der Waals surface area contributed by atoms with Gasteiger partial charge in [-0.05, 0) is 59.5 Å². The highest BCUT2D eigenvalue weighted by atomic mass is 127. The molecule has 22 heavy (non-hydrogen) atoms. The van der Waals surface area contributed by atoms with Crippen LogP contribution < -0.4 is 11.0 Å². The van der Waals surface area contributed by atoms with E-state index in [0.717, 1.165) is 9.13 Å².